The zero-order chi connectivity index (χ0) is 11.8. The van der Waals surface area contributed by atoms with Crippen molar-refractivity contribution in [3.05, 3.63) is 35.4 Å². The summed E-state index contributed by atoms with van der Waals surface area (Å²) >= 11 is 0. The van der Waals surface area contributed by atoms with Gasteiger partial charge in [0, 0.05) is 12.7 Å². The molecular weight excluding hydrogens is 182 g/mol. The fraction of sp³-hybridized carbons (Fsp3) is 0.429. The highest BCUT2D eigenvalue weighted by Gasteiger charge is 2.02. The Labute approximate surface area is 94.2 Å². The lowest BCUT2D eigenvalue weighted by molar-refractivity contribution is 1.13. The van der Waals surface area contributed by atoms with E-state index in [1.165, 1.54) is 22.4 Å². The van der Waals surface area contributed by atoms with Crippen molar-refractivity contribution in [2.24, 2.45) is 0 Å². The van der Waals surface area contributed by atoms with Gasteiger partial charge in [0.25, 0.3) is 0 Å². The molecular formula is C14H23N. The van der Waals surface area contributed by atoms with Gasteiger partial charge in [0.1, 0.15) is 0 Å². The van der Waals surface area contributed by atoms with Crippen LogP contribution < -0.4 is 5.32 Å². The van der Waals surface area contributed by atoms with Gasteiger partial charge in [-0.2, -0.15) is 0 Å². The Bertz CT molecular complexity index is 313. The summed E-state index contributed by atoms with van der Waals surface area (Å²) in [6.45, 7) is 12.1. The minimum Gasteiger partial charge on any atom is -0.387 e. The molecule has 1 aromatic carbocycles. The van der Waals surface area contributed by atoms with Gasteiger partial charge in [-0.15, -0.1) is 0 Å². The van der Waals surface area contributed by atoms with E-state index < -0.39 is 0 Å². The molecule has 0 bridgehead atoms. The molecule has 0 saturated heterocycles. The summed E-state index contributed by atoms with van der Waals surface area (Å²) in [5.74, 6) is 0. The fourth-order valence-electron chi connectivity index (χ4n) is 1.60. The van der Waals surface area contributed by atoms with E-state index in [9.17, 15) is 0 Å². The molecule has 0 amide bonds. The number of aryl methyl sites for hydroxylation is 2. The molecule has 0 heterocycles. The second kappa shape index (κ2) is 7.10. The van der Waals surface area contributed by atoms with Gasteiger partial charge in [0.15, 0.2) is 0 Å². The Kier molecular flexibility index (Phi) is 6.52. The minimum atomic E-state index is 1.08. The van der Waals surface area contributed by atoms with Gasteiger partial charge in [-0.25, -0.2) is 0 Å². The second-order valence-electron chi connectivity index (χ2n) is 3.18. The molecule has 0 aliphatic carbocycles. The first-order chi connectivity index (χ1) is 7.22. The smallest absolute Gasteiger partial charge is 0.0440 e. The van der Waals surface area contributed by atoms with Crippen LogP contribution in [0.5, 0.6) is 0 Å². The highest BCUT2D eigenvalue weighted by molar-refractivity contribution is 5.69. The highest BCUT2D eigenvalue weighted by Crippen LogP contribution is 2.23. The van der Waals surface area contributed by atoms with Crippen molar-refractivity contribution < 1.29 is 0 Å². The Morgan fingerprint density at radius 1 is 1.33 bits per heavy atom. The van der Waals surface area contributed by atoms with Crippen LogP contribution in [0.25, 0.3) is 6.08 Å². The maximum atomic E-state index is 3.82. The van der Waals surface area contributed by atoms with Crippen molar-refractivity contribution in [2.45, 2.75) is 34.1 Å². The van der Waals surface area contributed by atoms with Crippen molar-refractivity contribution >= 4 is 11.8 Å². The number of anilines is 1. The third kappa shape index (κ3) is 3.43. The summed E-state index contributed by atoms with van der Waals surface area (Å²) in [6, 6.07) is 4.41. The summed E-state index contributed by atoms with van der Waals surface area (Å²) < 4.78 is 0. The van der Waals surface area contributed by atoms with Crippen molar-refractivity contribution in [2.75, 3.05) is 12.4 Å². The van der Waals surface area contributed by atoms with Gasteiger partial charge >= 0.3 is 0 Å². The van der Waals surface area contributed by atoms with Gasteiger partial charge in [-0.3, -0.25) is 0 Å². The van der Waals surface area contributed by atoms with Crippen molar-refractivity contribution in [1.29, 1.82) is 0 Å². The van der Waals surface area contributed by atoms with E-state index in [4.69, 9.17) is 0 Å². The molecule has 0 aromatic heterocycles. The van der Waals surface area contributed by atoms with Gasteiger partial charge in [-0.1, -0.05) is 39.5 Å². The van der Waals surface area contributed by atoms with E-state index >= 15 is 0 Å². The van der Waals surface area contributed by atoms with Crippen LogP contribution in [-0.2, 0) is 6.42 Å². The lowest BCUT2D eigenvalue weighted by Crippen LogP contribution is -1.96. The molecule has 0 saturated carbocycles. The lowest BCUT2D eigenvalue weighted by Gasteiger charge is -2.11. The first-order valence-electron chi connectivity index (χ1n) is 5.66. The number of nitrogens with one attached hydrogen (secondary N) is 1. The summed E-state index contributed by atoms with van der Waals surface area (Å²) in [4.78, 5) is 0. The van der Waals surface area contributed by atoms with Gasteiger partial charge < -0.3 is 5.32 Å². The molecule has 15 heavy (non-hydrogen) atoms. The average molecular weight is 205 g/mol. The largest absolute Gasteiger partial charge is 0.387 e. The molecule has 0 aliphatic heterocycles. The Balaban J connectivity index is 0.000000921. The minimum absolute atomic E-state index is 1.08. The van der Waals surface area contributed by atoms with Crippen LogP contribution in [0.4, 0.5) is 5.69 Å². The van der Waals surface area contributed by atoms with Crippen LogP contribution in [0.15, 0.2) is 18.7 Å². The van der Waals surface area contributed by atoms with E-state index in [0.717, 1.165) is 6.42 Å². The molecule has 0 aliphatic rings. The molecule has 84 valence electrons. The molecule has 1 heteroatoms. The summed E-state index contributed by atoms with van der Waals surface area (Å²) in [5, 5.41) is 3.19. The molecule has 0 fully saturated rings. The molecule has 0 unspecified atom stereocenters. The van der Waals surface area contributed by atoms with Crippen molar-refractivity contribution in [3.63, 3.8) is 0 Å². The molecule has 1 N–H and O–H groups in total. The lowest BCUT2D eigenvalue weighted by atomic mass is 10.0. The van der Waals surface area contributed by atoms with E-state index in [2.05, 4.69) is 37.9 Å². The molecule has 0 spiro atoms. The molecule has 0 radical (unpaired) electrons. The zero-order valence-electron chi connectivity index (χ0n) is 10.6. The monoisotopic (exact) mass is 205 g/mol. The first kappa shape index (κ1) is 13.8. The third-order valence-electron chi connectivity index (χ3n) is 2.30. The van der Waals surface area contributed by atoms with Crippen molar-refractivity contribution in [1.82, 2.24) is 0 Å². The normalized spacial score (nSPS) is 8.87. The maximum absolute atomic E-state index is 3.82. The first-order valence-corrected chi connectivity index (χ1v) is 5.66. The summed E-state index contributed by atoms with van der Waals surface area (Å²) in [5.41, 5.74) is 5.04. The van der Waals surface area contributed by atoms with Crippen LogP contribution in [0, 0.1) is 6.92 Å². The molecule has 1 rings (SSSR count). The second-order valence-corrected chi connectivity index (χ2v) is 3.18. The number of rotatable bonds is 3. The Morgan fingerprint density at radius 3 is 2.33 bits per heavy atom. The Morgan fingerprint density at radius 2 is 1.93 bits per heavy atom. The van der Waals surface area contributed by atoms with Crippen LogP contribution >= 0.6 is 0 Å². The SMILES string of the molecule is C=Cc1cc(CC)cc(C)c1NC.CC. The maximum Gasteiger partial charge on any atom is 0.0440 e. The van der Waals surface area contributed by atoms with Crippen molar-refractivity contribution in [3.8, 4) is 0 Å². The molecule has 0 atom stereocenters. The zero-order valence-corrected chi connectivity index (χ0v) is 10.6. The van der Waals surface area contributed by atoms with Gasteiger partial charge in [-0.05, 0) is 36.1 Å². The van der Waals surface area contributed by atoms with Gasteiger partial charge in [0.2, 0.25) is 0 Å². The predicted molar refractivity (Wildman–Crippen MR) is 71.5 cm³/mol. The standard InChI is InChI=1S/C12H17N.C2H6/c1-5-10-7-9(3)12(13-4)11(6-2)8-10;1-2/h6-8,13H,2,5H2,1,3-4H3;1-2H3. The van der Waals surface area contributed by atoms with Crippen LogP contribution in [0.2, 0.25) is 0 Å². The molecule has 1 nitrogen and oxygen atoms in total. The average Bonchev–Trinajstić information content (AvgIpc) is 2.30. The summed E-state index contributed by atoms with van der Waals surface area (Å²) in [6.07, 6.45) is 2.98. The molecule has 1 aromatic rings. The van der Waals surface area contributed by atoms with Crippen LogP contribution in [0.1, 0.15) is 37.5 Å². The van der Waals surface area contributed by atoms with E-state index in [0.29, 0.717) is 0 Å². The quantitative estimate of drug-likeness (QED) is 0.777. The third-order valence-corrected chi connectivity index (χ3v) is 2.30. The fourth-order valence-corrected chi connectivity index (χ4v) is 1.60. The predicted octanol–water partition coefficient (Wildman–Crippen LogP) is 4.27. The topological polar surface area (TPSA) is 12.0 Å². The Hall–Kier alpha value is -1.24. The van der Waals surface area contributed by atoms with Gasteiger partial charge in [0.05, 0.1) is 0 Å². The van der Waals surface area contributed by atoms with Crippen LogP contribution in [0.3, 0.4) is 0 Å². The number of hydrogen-bond donors (Lipinski definition) is 1. The van der Waals surface area contributed by atoms with E-state index in [-0.39, 0.29) is 0 Å². The van der Waals surface area contributed by atoms with E-state index in [1.807, 2.05) is 27.0 Å². The number of benzene rings is 1. The highest BCUT2D eigenvalue weighted by atomic mass is 14.8. The number of hydrogen-bond acceptors (Lipinski definition) is 1. The summed E-state index contributed by atoms with van der Waals surface area (Å²) in [7, 11) is 1.95. The van der Waals surface area contributed by atoms with E-state index in [1.54, 1.807) is 0 Å². The van der Waals surface area contributed by atoms with Crippen LogP contribution in [-0.4, -0.2) is 7.05 Å².